The maximum Gasteiger partial charge on any atom is 0.314 e. The first kappa shape index (κ1) is 21.8. The average Bonchev–Trinajstić information content (AvgIpc) is 3.24. The van der Waals surface area contributed by atoms with Gasteiger partial charge < -0.3 is 30.6 Å². The summed E-state index contributed by atoms with van der Waals surface area (Å²) in [4.78, 5) is 27.9. The van der Waals surface area contributed by atoms with Crippen molar-refractivity contribution in [2.45, 2.75) is 13.2 Å². The van der Waals surface area contributed by atoms with Crippen LogP contribution in [0.15, 0.2) is 36.5 Å². The van der Waals surface area contributed by atoms with Crippen molar-refractivity contribution in [1.29, 1.82) is 0 Å². The van der Waals surface area contributed by atoms with Crippen molar-refractivity contribution in [3.05, 3.63) is 48.2 Å². The van der Waals surface area contributed by atoms with E-state index in [4.69, 9.17) is 15.2 Å². The lowest BCUT2D eigenvalue weighted by Crippen LogP contribution is -2.42. The van der Waals surface area contributed by atoms with Gasteiger partial charge in [0.15, 0.2) is 5.82 Å². The van der Waals surface area contributed by atoms with Gasteiger partial charge in [0, 0.05) is 24.8 Å². The number of benzene rings is 1. The Hall–Kier alpha value is -3.41. The van der Waals surface area contributed by atoms with Crippen LogP contribution in [0.4, 0.5) is 10.3 Å². The van der Waals surface area contributed by atoms with Crippen LogP contribution in [0, 0.1) is 11.2 Å². The number of aromatic nitrogens is 4. The third-order valence-electron chi connectivity index (χ3n) is 5.03. The molecule has 1 fully saturated rings. The summed E-state index contributed by atoms with van der Waals surface area (Å²) in [5.74, 6) is -0.617. The van der Waals surface area contributed by atoms with Gasteiger partial charge in [-0.25, -0.2) is 19.3 Å². The number of carboxylic acids is 1. The summed E-state index contributed by atoms with van der Waals surface area (Å²) in [5.41, 5.74) is 6.67. The van der Waals surface area contributed by atoms with Crippen LogP contribution in [-0.4, -0.2) is 57.3 Å². The van der Waals surface area contributed by atoms with Crippen LogP contribution >= 0.6 is 0 Å². The molecule has 0 unspecified atom stereocenters. The molecule has 32 heavy (non-hydrogen) atoms. The molecule has 1 saturated heterocycles. The highest BCUT2D eigenvalue weighted by molar-refractivity contribution is 5.77. The lowest BCUT2D eigenvalue weighted by molar-refractivity contribution is -0.236. The maximum absolute atomic E-state index is 13.5. The van der Waals surface area contributed by atoms with Gasteiger partial charge in [0.25, 0.3) is 0 Å². The van der Waals surface area contributed by atoms with Crippen LogP contribution in [0.1, 0.15) is 19.0 Å². The lowest BCUT2D eigenvalue weighted by atomic mass is 9.92. The minimum absolute atomic E-state index is 0.0322. The van der Waals surface area contributed by atoms with Crippen molar-refractivity contribution < 1.29 is 23.8 Å². The Balaban J connectivity index is 1.70. The van der Waals surface area contributed by atoms with E-state index < -0.39 is 17.7 Å². The normalized spacial score (nSPS) is 20.8. The molecule has 1 aromatic carbocycles. The molecular weight excluding hydrogens is 419 g/mol. The molecule has 0 saturated carbocycles. The number of carboxylic acid groups (broad SMARTS) is 1. The van der Waals surface area contributed by atoms with E-state index in [-0.39, 0.29) is 19.0 Å². The van der Waals surface area contributed by atoms with E-state index in [2.05, 4.69) is 25.3 Å². The second-order valence-corrected chi connectivity index (χ2v) is 7.65. The molecule has 1 aliphatic heterocycles. The minimum Gasteiger partial charge on any atom is -0.481 e. The summed E-state index contributed by atoms with van der Waals surface area (Å²) in [5, 5.41) is 12.4. The van der Waals surface area contributed by atoms with Gasteiger partial charge in [0.2, 0.25) is 12.2 Å². The number of hydrogen-bond acceptors (Lipinski definition) is 8. The van der Waals surface area contributed by atoms with Crippen molar-refractivity contribution >= 4 is 11.9 Å². The van der Waals surface area contributed by atoms with Crippen LogP contribution < -0.4 is 11.1 Å². The monoisotopic (exact) mass is 442 g/mol. The molecule has 11 heteroatoms. The van der Waals surface area contributed by atoms with E-state index >= 15 is 0 Å². The zero-order chi connectivity index (χ0) is 22.7. The van der Waals surface area contributed by atoms with Crippen LogP contribution in [0.2, 0.25) is 0 Å². The van der Waals surface area contributed by atoms with Gasteiger partial charge in [0.1, 0.15) is 11.2 Å². The third-order valence-corrected chi connectivity index (χ3v) is 5.03. The quantitative estimate of drug-likeness (QED) is 0.432. The molecule has 0 radical (unpaired) electrons. The molecule has 3 heterocycles. The smallest absolute Gasteiger partial charge is 0.314 e. The summed E-state index contributed by atoms with van der Waals surface area (Å²) in [6.07, 6.45) is 0.717. The van der Waals surface area contributed by atoms with Crippen LogP contribution in [0.3, 0.4) is 0 Å². The van der Waals surface area contributed by atoms with Crippen molar-refractivity contribution in [2.24, 2.45) is 11.1 Å². The first-order valence-electron chi connectivity index (χ1n) is 9.99. The van der Waals surface area contributed by atoms with E-state index in [0.29, 0.717) is 47.5 Å². The summed E-state index contributed by atoms with van der Waals surface area (Å²) < 4.78 is 24.8. The summed E-state index contributed by atoms with van der Waals surface area (Å²) in [6.45, 7) is 2.42. The predicted octanol–water partition coefficient (Wildman–Crippen LogP) is 2.18. The van der Waals surface area contributed by atoms with Gasteiger partial charge in [-0.1, -0.05) is 0 Å². The molecule has 0 aliphatic carbocycles. The number of nitrogens with zero attached hydrogens (tertiary/aromatic N) is 3. The molecule has 168 valence electrons. The van der Waals surface area contributed by atoms with Gasteiger partial charge in [-0.3, -0.25) is 4.79 Å². The highest BCUT2D eigenvalue weighted by atomic mass is 19.1. The van der Waals surface area contributed by atoms with E-state index in [9.17, 15) is 14.3 Å². The Bertz CT molecular complexity index is 1100. The Kier molecular flexibility index (Phi) is 6.12. The van der Waals surface area contributed by atoms with E-state index in [0.717, 1.165) is 0 Å². The molecule has 10 nitrogen and oxygen atoms in total. The number of carbonyl (C=O) groups is 1. The fourth-order valence-corrected chi connectivity index (χ4v) is 3.16. The number of nitrogens with one attached hydrogen (secondary N) is 2. The minimum atomic E-state index is -1.14. The topological polar surface area (TPSA) is 148 Å². The molecule has 1 aliphatic rings. The summed E-state index contributed by atoms with van der Waals surface area (Å²) in [7, 11) is 0. The SMILES string of the molecule is CC1(C(=O)O)COC(c2nc(-c3ccc(F)cc3)c(-c3ccnc(NCCN)n3)[nH]2)OC1. The van der Waals surface area contributed by atoms with Crippen LogP contribution in [0.5, 0.6) is 0 Å². The highest BCUT2D eigenvalue weighted by Crippen LogP contribution is 2.35. The first-order chi connectivity index (χ1) is 15.4. The molecule has 5 N–H and O–H groups in total. The van der Waals surface area contributed by atoms with E-state index in [1.807, 2.05) is 0 Å². The predicted molar refractivity (Wildman–Crippen MR) is 113 cm³/mol. The number of H-pyrrole nitrogens is 1. The van der Waals surface area contributed by atoms with Crippen LogP contribution in [-0.2, 0) is 14.3 Å². The third kappa shape index (κ3) is 4.44. The number of anilines is 1. The van der Waals surface area contributed by atoms with Gasteiger partial charge in [-0.05, 0) is 37.3 Å². The molecule has 0 amide bonds. The maximum atomic E-state index is 13.5. The number of imidazole rings is 1. The highest BCUT2D eigenvalue weighted by Gasteiger charge is 2.41. The van der Waals surface area contributed by atoms with Crippen LogP contribution in [0.25, 0.3) is 22.6 Å². The fourth-order valence-electron chi connectivity index (χ4n) is 3.16. The van der Waals surface area contributed by atoms with E-state index in [1.165, 1.54) is 12.1 Å². The van der Waals surface area contributed by atoms with Gasteiger partial charge >= 0.3 is 5.97 Å². The number of aliphatic carboxylic acids is 1. The number of ether oxygens (including phenoxy) is 2. The second kappa shape index (κ2) is 8.99. The van der Waals surface area contributed by atoms with Crippen molar-refractivity contribution in [2.75, 3.05) is 31.6 Å². The fraction of sp³-hybridized carbons (Fsp3) is 0.333. The molecule has 2 aromatic heterocycles. The molecule has 0 bridgehead atoms. The lowest BCUT2D eigenvalue weighted by Gasteiger charge is -2.33. The number of aromatic amines is 1. The second-order valence-electron chi connectivity index (χ2n) is 7.65. The Morgan fingerprint density at radius 2 is 2.00 bits per heavy atom. The molecule has 0 atom stereocenters. The Labute approximate surface area is 183 Å². The van der Waals surface area contributed by atoms with Crippen molar-refractivity contribution in [3.8, 4) is 22.6 Å². The molecule has 4 rings (SSSR count). The zero-order valence-electron chi connectivity index (χ0n) is 17.3. The molecule has 3 aromatic rings. The first-order valence-corrected chi connectivity index (χ1v) is 9.99. The van der Waals surface area contributed by atoms with Gasteiger partial charge in [-0.15, -0.1) is 0 Å². The van der Waals surface area contributed by atoms with Crippen molar-refractivity contribution in [3.63, 3.8) is 0 Å². The molecule has 0 spiro atoms. The zero-order valence-corrected chi connectivity index (χ0v) is 17.3. The summed E-state index contributed by atoms with van der Waals surface area (Å²) >= 11 is 0. The Morgan fingerprint density at radius 1 is 1.28 bits per heavy atom. The number of halogens is 1. The number of rotatable bonds is 7. The standard InChI is InChI=1S/C21H23FN6O4/c1-21(19(29)30)10-31-18(32-11-21)17-27-15(12-2-4-13(22)5-3-12)16(28-17)14-6-8-24-20(26-14)25-9-7-23/h2-6,8,18H,7,9-11,23H2,1H3,(H,27,28)(H,29,30)(H,24,25,26). The average molecular weight is 442 g/mol. The number of hydrogen-bond donors (Lipinski definition) is 4. The van der Waals surface area contributed by atoms with E-state index in [1.54, 1.807) is 31.3 Å². The van der Waals surface area contributed by atoms with Crippen molar-refractivity contribution in [1.82, 2.24) is 19.9 Å². The van der Waals surface area contributed by atoms with Gasteiger partial charge in [0.05, 0.1) is 30.3 Å². The molecular formula is C21H23FN6O4. The summed E-state index contributed by atoms with van der Waals surface area (Å²) in [6, 6.07) is 7.61. The van der Waals surface area contributed by atoms with Gasteiger partial charge in [-0.2, -0.15) is 0 Å². The number of nitrogens with two attached hydrogens (primary N) is 1. The Morgan fingerprint density at radius 3 is 2.66 bits per heavy atom. The largest absolute Gasteiger partial charge is 0.481 e.